The summed E-state index contributed by atoms with van der Waals surface area (Å²) in [5, 5.41) is 8.85. The van der Waals surface area contributed by atoms with E-state index in [0.717, 1.165) is 25.7 Å². The summed E-state index contributed by atoms with van der Waals surface area (Å²) in [4.78, 5) is 11.6. The molecule has 76 valence electrons. The molecule has 1 N–H and O–H groups in total. The number of aliphatic hydroxyl groups is 1. The van der Waals surface area contributed by atoms with Gasteiger partial charge < -0.3 is 9.84 Å². The average Bonchev–Trinajstić information content (AvgIpc) is 2.49. The molecule has 0 saturated heterocycles. The Labute approximate surface area is 79.1 Å². The van der Waals surface area contributed by atoms with Crippen LogP contribution in [0.3, 0.4) is 0 Å². The van der Waals surface area contributed by atoms with Gasteiger partial charge in [-0.3, -0.25) is 4.79 Å². The van der Waals surface area contributed by atoms with Crippen LogP contribution in [0.5, 0.6) is 0 Å². The van der Waals surface area contributed by atoms with Crippen molar-refractivity contribution < 1.29 is 14.6 Å². The van der Waals surface area contributed by atoms with Crippen LogP contribution >= 0.6 is 0 Å². The van der Waals surface area contributed by atoms with E-state index < -0.39 is 6.29 Å². The van der Waals surface area contributed by atoms with Crippen molar-refractivity contribution in [3.8, 4) is 0 Å². The number of aliphatic hydroxyl groups excluding tert-OH is 1. The van der Waals surface area contributed by atoms with E-state index in [4.69, 9.17) is 9.84 Å². The topological polar surface area (TPSA) is 46.5 Å². The van der Waals surface area contributed by atoms with Crippen molar-refractivity contribution in [1.29, 1.82) is 0 Å². The SMILES string of the molecule is CC(O)OCC(=O)C1(C)CCCC1. The third kappa shape index (κ3) is 2.78. The Morgan fingerprint density at radius 2 is 2.08 bits per heavy atom. The molecule has 13 heavy (non-hydrogen) atoms. The highest BCUT2D eigenvalue weighted by molar-refractivity contribution is 5.85. The Morgan fingerprint density at radius 1 is 1.54 bits per heavy atom. The van der Waals surface area contributed by atoms with Gasteiger partial charge in [0.15, 0.2) is 12.1 Å². The minimum absolute atomic E-state index is 0.0498. The second-order valence-electron chi connectivity index (χ2n) is 4.10. The molecular weight excluding hydrogens is 168 g/mol. The van der Waals surface area contributed by atoms with E-state index in [9.17, 15) is 4.79 Å². The average molecular weight is 186 g/mol. The van der Waals surface area contributed by atoms with Crippen molar-refractivity contribution in [2.45, 2.75) is 45.8 Å². The van der Waals surface area contributed by atoms with Gasteiger partial charge in [0.2, 0.25) is 0 Å². The highest BCUT2D eigenvalue weighted by Gasteiger charge is 2.35. The fourth-order valence-electron chi connectivity index (χ4n) is 1.80. The van der Waals surface area contributed by atoms with E-state index in [1.54, 1.807) is 0 Å². The van der Waals surface area contributed by atoms with Crippen LogP contribution in [-0.2, 0) is 9.53 Å². The first-order chi connectivity index (χ1) is 6.04. The molecule has 1 fully saturated rings. The second-order valence-corrected chi connectivity index (χ2v) is 4.10. The summed E-state index contributed by atoms with van der Waals surface area (Å²) in [6, 6.07) is 0. The van der Waals surface area contributed by atoms with Gasteiger partial charge in [-0.2, -0.15) is 0 Å². The van der Waals surface area contributed by atoms with Gasteiger partial charge in [0.25, 0.3) is 0 Å². The van der Waals surface area contributed by atoms with Crippen molar-refractivity contribution in [2.75, 3.05) is 6.61 Å². The first kappa shape index (κ1) is 10.7. The summed E-state index contributed by atoms with van der Waals surface area (Å²) in [5.41, 5.74) is -0.186. The maximum Gasteiger partial charge on any atom is 0.164 e. The number of carbonyl (C=O) groups is 1. The molecule has 1 saturated carbocycles. The molecule has 0 radical (unpaired) electrons. The van der Waals surface area contributed by atoms with Gasteiger partial charge in [0.1, 0.15) is 6.61 Å². The predicted octanol–water partition coefficient (Wildman–Crippen LogP) is 1.49. The standard InChI is InChI=1S/C10H18O3/c1-8(11)13-7-9(12)10(2)5-3-4-6-10/h8,11H,3-7H2,1-2H3. The van der Waals surface area contributed by atoms with Gasteiger partial charge in [-0.25, -0.2) is 0 Å². The van der Waals surface area contributed by atoms with E-state index in [-0.39, 0.29) is 17.8 Å². The normalized spacial score (nSPS) is 23.0. The Kier molecular flexibility index (Phi) is 3.45. The number of hydrogen-bond acceptors (Lipinski definition) is 3. The number of rotatable bonds is 4. The zero-order valence-electron chi connectivity index (χ0n) is 8.38. The Balaban J connectivity index is 2.38. The van der Waals surface area contributed by atoms with Crippen molar-refractivity contribution in [3.63, 3.8) is 0 Å². The van der Waals surface area contributed by atoms with E-state index in [2.05, 4.69) is 0 Å². The van der Waals surface area contributed by atoms with Gasteiger partial charge in [0, 0.05) is 5.41 Å². The third-order valence-electron chi connectivity index (χ3n) is 2.84. The molecule has 0 heterocycles. The van der Waals surface area contributed by atoms with Gasteiger partial charge in [-0.15, -0.1) is 0 Å². The number of carbonyl (C=O) groups excluding carboxylic acids is 1. The van der Waals surface area contributed by atoms with Gasteiger partial charge >= 0.3 is 0 Å². The summed E-state index contributed by atoms with van der Waals surface area (Å²) in [7, 11) is 0. The highest BCUT2D eigenvalue weighted by atomic mass is 16.6. The summed E-state index contributed by atoms with van der Waals surface area (Å²) in [5.74, 6) is 0.130. The lowest BCUT2D eigenvalue weighted by atomic mass is 9.84. The molecule has 0 aromatic heterocycles. The molecule has 3 nitrogen and oxygen atoms in total. The van der Waals surface area contributed by atoms with Crippen LogP contribution in [0.4, 0.5) is 0 Å². The van der Waals surface area contributed by atoms with Crippen LogP contribution < -0.4 is 0 Å². The number of ketones is 1. The molecule has 1 atom stereocenters. The van der Waals surface area contributed by atoms with Crippen LogP contribution in [0.2, 0.25) is 0 Å². The lowest BCUT2D eigenvalue weighted by Crippen LogP contribution is -2.29. The second kappa shape index (κ2) is 4.20. The van der Waals surface area contributed by atoms with Crippen LogP contribution in [0.15, 0.2) is 0 Å². The molecule has 1 aliphatic rings. The lowest BCUT2D eigenvalue weighted by molar-refractivity contribution is -0.144. The van der Waals surface area contributed by atoms with Crippen LogP contribution in [0.25, 0.3) is 0 Å². The summed E-state index contributed by atoms with van der Waals surface area (Å²) >= 11 is 0. The molecule has 1 unspecified atom stereocenters. The fourth-order valence-corrected chi connectivity index (χ4v) is 1.80. The molecular formula is C10H18O3. The van der Waals surface area contributed by atoms with Gasteiger partial charge in [0.05, 0.1) is 0 Å². The van der Waals surface area contributed by atoms with Crippen molar-refractivity contribution >= 4 is 5.78 Å². The number of Topliss-reactive ketones (excluding diaryl/α,β-unsaturated/α-hetero) is 1. The lowest BCUT2D eigenvalue weighted by Gasteiger charge is -2.21. The smallest absolute Gasteiger partial charge is 0.164 e. The maximum absolute atomic E-state index is 11.6. The molecule has 0 amide bonds. The van der Waals surface area contributed by atoms with E-state index >= 15 is 0 Å². The molecule has 0 aromatic carbocycles. The van der Waals surface area contributed by atoms with Crippen LogP contribution in [-0.4, -0.2) is 23.8 Å². The predicted molar refractivity (Wildman–Crippen MR) is 49.2 cm³/mol. The van der Waals surface area contributed by atoms with Crippen molar-refractivity contribution in [1.82, 2.24) is 0 Å². The summed E-state index contributed by atoms with van der Waals surface area (Å²) in [6.07, 6.45) is 3.37. The first-order valence-electron chi connectivity index (χ1n) is 4.87. The zero-order chi connectivity index (χ0) is 9.90. The Morgan fingerprint density at radius 3 is 2.54 bits per heavy atom. The van der Waals surface area contributed by atoms with Crippen LogP contribution in [0.1, 0.15) is 39.5 Å². The fraction of sp³-hybridized carbons (Fsp3) is 0.900. The van der Waals surface area contributed by atoms with Gasteiger partial charge in [-0.1, -0.05) is 19.8 Å². The molecule has 1 rings (SSSR count). The van der Waals surface area contributed by atoms with E-state index in [1.807, 2.05) is 6.92 Å². The van der Waals surface area contributed by atoms with Crippen molar-refractivity contribution in [3.05, 3.63) is 0 Å². The number of ether oxygens (including phenoxy) is 1. The van der Waals surface area contributed by atoms with Crippen molar-refractivity contribution in [2.24, 2.45) is 5.41 Å². The highest BCUT2D eigenvalue weighted by Crippen LogP contribution is 2.38. The van der Waals surface area contributed by atoms with E-state index in [0.29, 0.717) is 0 Å². The van der Waals surface area contributed by atoms with E-state index in [1.165, 1.54) is 6.92 Å². The monoisotopic (exact) mass is 186 g/mol. The summed E-state index contributed by atoms with van der Waals surface area (Å²) in [6.45, 7) is 3.56. The first-order valence-corrected chi connectivity index (χ1v) is 4.87. The quantitative estimate of drug-likeness (QED) is 0.677. The molecule has 1 aliphatic carbocycles. The minimum Gasteiger partial charge on any atom is -0.368 e. The maximum atomic E-state index is 11.6. The molecule has 0 bridgehead atoms. The number of hydrogen-bond donors (Lipinski definition) is 1. The Bertz CT molecular complexity index is 181. The third-order valence-corrected chi connectivity index (χ3v) is 2.84. The van der Waals surface area contributed by atoms with Gasteiger partial charge in [-0.05, 0) is 19.8 Å². The molecule has 3 heteroatoms. The molecule has 0 aliphatic heterocycles. The molecule has 0 aromatic rings. The Hall–Kier alpha value is -0.410. The molecule has 0 spiro atoms. The minimum atomic E-state index is -0.839. The zero-order valence-corrected chi connectivity index (χ0v) is 8.38. The summed E-state index contributed by atoms with van der Waals surface area (Å²) < 4.78 is 4.89. The van der Waals surface area contributed by atoms with Crippen LogP contribution in [0, 0.1) is 5.41 Å². The largest absolute Gasteiger partial charge is 0.368 e.